The highest BCUT2D eigenvalue weighted by Gasteiger charge is 2.13. The van der Waals surface area contributed by atoms with E-state index in [-0.39, 0.29) is 5.91 Å². The van der Waals surface area contributed by atoms with Gasteiger partial charge in [0.2, 0.25) is 0 Å². The minimum Gasteiger partial charge on any atom is -0.497 e. The smallest absolute Gasteiger partial charge is 0.251 e. The van der Waals surface area contributed by atoms with Gasteiger partial charge in [-0.2, -0.15) is 0 Å². The molecular weight excluding hydrogens is 398 g/mol. The summed E-state index contributed by atoms with van der Waals surface area (Å²) >= 11 is 0. The van der Waals surface area contributed by atoms with Gasteiger partial charge in [0, 0.05) is 37.0 Å². The second-order valence-electron chi connectivity index (χ2n) is 7.69. The number of carbonyl (C=O) groups excluding carboxylic acids is 1. The van der Waals surface area contributed by atoms with Gasteiger partial charge in [-0.05, 0) is 47.5 Å². The van der Waals surface area contributed by atoms with E-state index in [0.29, 0.717) is 12.1 Å². The fraction of sp³-hybridized carbons (Fsp3) is 0.185. The number of carbonyl (C=O) groups is 1. The number of para-hydroxylation sites is 1. The predicted octanol–water partition coefficient (Wildman–Crippen LogP) is 4.58. The van der Waals surface area contributed by atoms with E-state index in [4.69, 9.17) is 9.73 Å². The average molecular weight is 426 g/mol. The molecule has 3 aromatic rings. The summed E-state index contributed by atoms with van der Waals surface area (Å²) in [6, 6.07) is 23.6. The van der Waals surface area contributed by atoms with Crippen molar-refractivity contribution in [2.75, 3.05) is 32.1 Å². The minimum atomic E-state index is -0.0959. The molecule has 0 atom stereocenters. The van der Waals surface area contributed by atoms with Crippen molar-refractivity contribution in [2.24, 2.45) is 4.99 Å². The second-order valence-corrected chi connectivity index (χ2v) is 7.69. The molecule has 3 aromatic carbocycles. The topological polar surface area (TPSA) is 53.9 Å². The van der Waals surface area contributed by atoms with Crippen molar-refractivity contribution in [3.63, 3.8) is 0 Å². The SMILES string of the molecule is COc1ccc(CNC(=O)c2ccc(/C=C/C3=NCCN(C)c4ccccc43)cc2)cc1. The highest BCUT2D eigenvalue weighted by atomic mass is 16.5. The Labute approximate surface area is 189 Å². The van der Waals surface area contributed by atoms with Crippen LogP contribution in [0.1, 0.15) is 27.0 Å². The van der Waals surface area contributed by atoms with Crippen molar-refractivity contribution in [1.82, 2.24) is 5.32 Å². The monoisotopic (exact) mass is 425 g/mol. The first-order valence-electron chi connectivity index (χ1n) is 10.7. The molecular formula is C27H27N3O2. The van der Waals surface area contributed by atoms with Crippen LogP contribution in [0.5, 0.6) is 5.75 Å². The summed E-state index contributed by atoms with van der Waals surface area (Å²) in [6.45, 7) is 2.13. The molecule has 0 spiro atoms. The summed E-state index contributed by atoms with van der Waals surface area (Å²) in [5.74, 6) is 0.704. The van der Waals surface area contributed by atoms with Crippen molar-refractivity contribution in [3.8, 4) is 5.75 Å². The van der Waals surface area contributed by atoms with Crippen LogP contribution in [-0.4, -0.2) is 38.9 Å². The number of allylic oxidation sites excluding steroid dienone is 1. The Hall–Kier alpha value is -3.86. The molecule has 0 unspecified atom stereocenters. The Morgan fingerprint density at radius 3 is 2.53 bits per heavy atom. The minimum absolute atomic E-state index is 0.0959. The number of aliphatic imine (C=N–C) groups is 1. The molecule has 5 nitrogen and oxygen atoms in total. The molecule has 4 rings (SSSR count). The molecule has 0 aromatic heterocycles. The first-order chi connectivity index (χ1) is 15.6. The Morgan fingerprint density at radius 2 is 1.78 bits per heavy atom. The number of benzene rings is 3. The molecule has 162 valence electrons. The van der Waals surface area contributed by atoms with E-state index in [2.05, 4.69) is 41.5 Å². The van der Waals surface area contributed by atoms with Gasteiger partial charge in [-0.25, -0.2) is 0 Å². The normalized spacial score (nSPS) is 13.3. The zero-order valence-corrected chi connectivity index (χ0v) is 18.4. The van der Waals surface area contributed by atoms with Gasteiger partial charge in [-0.1, -0.05) is 48.5 Å². The maximum atomic E-state index is 12.5. The van der Waals surface area contributed by atoms with Crippen molar-refractivity contribution in [3.05, 3.63) is 101 Å². The van der Waals surface area contributed by atoms with Crippen LogP contribution in [0.4, 0.5) is 5.69 Å². The number of fused-ring (bicyclic) bond motifs is 1. The number of ether oxygens (including phenoxy) is 1. The van der Waals surface area contributed by atoms with E-state index in [1.165, 1.54) is 5.69 Å². The summed E-state index contributed by atoms with van der Waals surface area (Å²) < 4.78 is 5.16. The molecule has 0 saturated carbocycles. The van der Waals surface area contributed by atoms with Crippen LogP contribution < -0.4 is 15.0 Å². The second kappa shape index (κ2) is 9.96. The predicted molar refractivity (Wildman–Crippen MR) is 131 cm³/mol. The number of anilines is 1. The van der Waals surface area contributed by atoms with E-state index in [1.807, 2.05) is 60.7 Å². The zero-order valence-electron chi connectivity index (χ0n) is 18.4. The maximum absolute atomic E-state index is 12.5. The summed E-state index contributed by atoms with van der Waals surface area (Å²) in [7, 11) is 3.73. The number of hydrogen-bond donors (Lipinski definition) is 1. The Balaban J connectivity index is 1.40. The van der Waals surface area contributed by atoms with Crippen LogP contribution in [0.3, 0.4) is 0 Å². The highest BCUT2D eigenvalue weighted by Crippen LogP contribution is 2.23. The van der Waals surface area contributed by atoms with Gasteiger partial charge >= 0.3 is 0 Å². The van der Waals surface area contributed by atoms with Gasteiger partial charge in [-0.15, -0.1) is 0 Å². The first kappa shape index (κ1) is 21.4. The molecule has 5 heteroatoms. The van der Waals surface area contributed by atoms with Crippen LogP contribution in [-0.2, 0) is 6.54 Å². The summed E-state index contributed by atoms with van der Waals surface area (Å²) in [5.41, 5.74) is 5.99. The molecule has 0 radical (unpaired) electrons. The number of likely N-dealkylation sites (N-methyl/N-ethyl adjacent to an activating group) is 1. The van der Waals surface area contributed by atoms with E-state index in [1.54, 1.807) is 7.11 Å². The quantitative estimate of drug-likeness (QED) is 0.629. The van der Waals surface area contributed by atoms with E-state index in [9.17, 15) is 4.79 Å². The van der Waals surface area contributed by atoms with Crippen LogP contribution in [0.15, 0.2) is 83.9 Å². The largest absolute Gasteiger partial charge is 0.497 e. The molecule has 0 fully saturated rings. The number of benzodiazepines with no additional fused rings is 1. The fourth-order valence-electron chi connectivity index (χ4n) is 3.64. The zero-order chi connectivity index (χ0) is 22.3. The molecule has 0 saturated heterocycles. The molecule has 32 heavy (non-hydrogen) atoms. The lowest BCUT2D eigenvalue weighted by Crippen LogP contribution is -2.22. The van der Waals surface area contributed by atoms with Crippen molar-refractivity contribution in [1.29, 1.82) is 0 Å². The third-order valence-electron chi connectivity index (χ3n) is 5.53. The van der Waals surface area contributed by atoms with Gasteiger partial charge in [-0.3, -0.25) is 9.79 Å². The van der Waals surface area contributed by atoms with Gasteiger partial charge in [0.05, 0.1) is 19.4 Å². The first-order valence-corrected chi connectivity index (χ1v) is 10.7. The van der Waals surface area contributed by atoms with Gasteiger partial charge in [0.1, 0.15) is 5.75 Å². The molecule has 0 bridgehead atoms. The third-order valence-corrected chi connectivity index (χ3v) is 5.53. The summed E-state index contributed by atoms with van der Waals surface area (Å²) in [6.07, 6.45) is 4.09. The molecule has 1 aliphatic rings. The number of nitrogens with zero attached hydrogens (tertiary/aromatic N) is 2. The molecule has 1 aliphatic heterocycles. The molecule has 1 N–H and O–H groups in total. The number of nitrogens with one attached hydrogen (secondary N) is 1. The fourth-order valence-corrected chi connectivity index (χ4v) is 3.64. The Kier molecular flexibility index (Phi) is 6.66. The van der Waals surface area contributed by atoms with E-state index >= 15 is 0 Å². The lowest BCUT2D eigenvalue weighted by molar-refractivity contribution is 0.0951. The molecule has 1 amide bonds. The van der Waals surface area contributed by atoms with Gasteiger partial charge < -0.3 is 15.0 Å². The average Bonchev–Trinajstić information content (AvgIpc) is 3.00. The highest BCUT2D eigenvalue weighted by molar-refractivity contribution is 6.14. The lowest BCUT2D eigenvalue weighted by Gasteiger charge is -2.18. The van der Waals surface area contributed by atoms with Crippen molar-refractivity contribution in [2.45, 2.75) is 6.54 Å². The van der Waals surface area contributed by atoms with Crippen LogP contribution in [0.2, 0.25) is 0 Å². The molecule has 0 aliphatic carbocycles. The van der Waals surface area contributed by atoms with Crippen molar-refractivity contribution < 1.29 is 9.53 Å². The van der Waals surface area contributed by atoms with E-state index in [0.717, 1.165) is 41.2 Å². The Morgan fingerprint density at radius 1 is 1.03 bits per heavy atom. The Bertz CT molecular complexity index is 1130. The van der Waals surface area contributed by atoms with Crippen LogP contribution in [0.25, 0.3) is 6.08 Å². The lowest BCUT2D eigenvalue weighted by atomic mass is 10.0. The van der Waals surface area contributed by atoms with Crippen LogP contribution in [0, 0.1) is 0 Å². The third kappa shape index (κ3) is 5.06. The van der Waals surface area contributed by atoms with Gasteiger partial charge in [0.15, 0.2) is 0 Å². The summed E-state index contributed by atoms with van der Waals surface area (Å²) in [4.78, 5) is 19.5. The van der Waals surface area contributed by atoms with Gasteiger partial charge in [0.25, 0.3) is 5.91 Å². The maximum Gasteiger partial charge on any atom is 0.251 e. The van der Waals surface area contributed by atoms with Crippen LogP contribution >= 0.6 is 0 Å². The van der Waals surface area contributed by atoms with Crippen molar-refractivity contribution >= 4 is 23.4 Å². The number of methoxy groups -OCH3 is 1. The number of amides is 1. The molecule has 1 heterocycles. The summed E-state index contributed by atoms with van der Waals surface area (Å²) in [5, 5.41) is 2.96. The standard InChI is InChI=1S/C27H27N3O2/c1-30-18-17-28-25(24-5-3-4-6-26(24)30)16-11-20-7-12-22(13-8-20)27(31)29-19-21-9-14-23(32-2)15-10-21/h3-16H,17-19H2,1-2H3,(H,29,31)/b16-11+. The van der Waals surface area contributed by atoms with E-state index < -0.39 is 0 Å². The number of rotatable bonds is 6. The number of hydrogen-bond acceptors (Lipinski definition) is 4.